The molecule has 0 radical (unpaired) electrons. The Kier molecular flexibility index (Phi) is 6.40. The molecule has 29 heavy (non-hydrogen) atoms. The maximum atomic E-state index is 11.7. The molecule has 4 N–H and O–H groups in total. The second kappa shape index (κ2) is 8.97. The van der Waals surface area contributed by atoms with Gasteiger partial charge in [-0.05, 0) is 48.2 Å². The first-order valence-electron chi connectivity index (χ1n) is 8.79. The Morgan fingerprint density at radius 1 is 1.17 bits per heavy atom. The number of rotatable bonds is 8. The molecule has 2 amide bonds. The van der Waals surface area contributed by atoms with Gasteiger partial charge in [0.2, 0.25) is 5.91 Å². The molecule has 0 saturated carbocycles. The van der Waals surface area contributed by atoms with Crippen molar-refractivity contribution in [2.45, 2.75) is 24.1 Å². The number of methoxy groups -OCH3 is 1. The summed E-state index contributed by atoms with van der Waals surface area (Å²) in [5, 5.41) is 10.4. The van der Waals surface area contributed by atoms with Crippen molar-refractivity contribution in [3.63, 3.8) is 0 Å². The summed E-state index contributed by atoms with van der Waals surface area (Å²) in [5.74, 6) is 0.204. The number of carbonyl (C=O) groups is 3. The van der Waals surface area contributed by atoms with Gasteiger partial charge in [0.1, 0.15) is 11.8 Å². The molecule has 8 nitrogen and oxygen atoms in total. The van der Waals surface area contributed by atoms with Gasteiger partial charge in [0.15, 0.2) is 11.5 Å². The van der Waals surface area contributed by atoms with Crippen LogP contribution in [0.15, 0.2) is 42.5 Å². The smallest absolute Gasteiger partial charge is 0.320 e. The molecular weight excluding hydrogens is 396 g/mol. The standard InChI is InChI=1S/C20H20N2O6S/c1-27-16-9-12(10-17-18(23)22-20(26)29-17)4-7-15(16)28-13-5-2-11(3-6-13)8-14(21)19(24)25/h2-7,9,14,17H,8,10,21H2,1H3,(H,24,25)(H,22,23,26)/t14-,17?/m0/s1. The number of ether oxygens (including phenoxy) is 2. The third-order valence-electron chi connectivity index (χ3n) is 4.34. The molecule has 0 aromatic heterocycles. The number of aliphatic carboxylic acids is 1. The summed E-state index contributed by atoms with van der Waals surface area (Å²) in [6.07, 6.45) is 0.625. The van der Waals surface area contributed by atoms with Gasteiger partial charge in [0, 0.05) is 0 Å². The molecule has 2 aromatic carbocycles. The number of nitrogens with one attached hydrogen (secondary N) is 1. The van der Waals surface area contributed by atoms with Gasteiger partial charge < -0.3 is 20.3 Å². The van der Waals surface area contributed by atoms with E-state index in [2.05, 4.69) is 5.32 Å². The van der Waals surface area contributed by atoms with Gasteiger partial charge >= 0.3 is 5.97 Å². The van der Waals surface area contributed by atoms with Crippen molar-refractivity contribution < 1.29 is 29.0 Å². The Morgan fingerprint density at radius 3 is 2.45 bits per heavy atom. The zero-order valence-corrected chi connectivity index (χ0v) is 16.4. The van der Waals surface area contributed by atoms with E-state index in [-0.39, 0.29) is 17.6 Å². The zero-order valence-electron chi connectivity index (χ0n) is 15.6. The highest BCUT2D eigenvalue weighted by Gasteiger charge is 2.31. The van der Waals surface area contributed by atoms with Crippen molar-refractivity contribution in [1.82, 2.24) is 5.32 Å². The van der Waals surface area contributed by atoms with Crippen LogP contribution < -0.4 is 20.5 Å². The molecule has 0 bridgehead atoms. The Labute approximate surface area is 171 Å². The van der Waals surface area contributed by atoms with Crippen LogP contribution in [0.5, 0.6) is 17.2 Å². The van der Waals surface area contributed by atoms with Gasteiger partial charge in [-0.25, -0.2) is 0 Å². The van der Waals surface area contributed by atoms with Gasteiger partial charge in [-0.3, -0.25) is 19.7 Å². The van der Waals surface area contributed by atoms with E-state index >= 15 is 0 Å². The average Bonchev–Trinajstić information content (AvgIpc) is 3.01. The maximum absolute atomic E-state index is 11.7. The quantitative estimate of drug-likeness (QED) is 0.598. The fourth-order valence-corrected chi connectivity index (χ4v) is 3.69. The first kappa shape index (κ1) is 20.7. The van der Waals surface area contributed by atoms with Crippen LogP contribution in [0, 0.1) is 0 Å². The lowest BCUT2D eigenvalue weighted by Crippen LogP contribution is -2.32. The minimum atomic E-state index is -1.05. The molecule has 3 rings (SSSR count). The van der Waals surface area contributed by atoms with Gasteiger partial charge in [0.25, 0.3) is 5.24 Å². The number of imide groups is 1. The second-order valence-electron chi connectivity index (χ2n) is 6.47. The molecule has 1 fully saturated rings. The largest absolute Gasteiger partial charge is 0.493 e. The maximum Gasteiger partial charge on any atom is 0.320 e. The monoisotopic (exact) mass is 416 g/mol. The Bertz CT molecular complexity index is 931. The number of amides is 2. The van der Waals surface area contributed by atoms with Crippen molar-refractivity contribution in [2.24, 2.45) is 5.73 Å². The number of thioether (sulfide) groups is 1. The third-order valence-corrected chi connectivity index (χ3v) is 5.32. The van der Waals surface area contributed by atoms with Gasteiger partial charge in [-0.1, -0.05) is 30.0 Å². The van der Waals surface area contributed by atoms with Crippen LogP contribution in [0.1, 0.15) is 11.1 Å². The predicted molar refractivity (Wildman–Crippen MR) is 107 cm³/mol. The van der Waals surface area contributed by atoms with Crippen molar-refractivity contribution in [3.8, 4) is 17.2 Å². The van der Waals surface area contributed by atoms with E-state index in [4.69, 9.17) is 20.3 Å². The molecule has 152 valence electrons. The molecule has 0 spiro atoms. The molecule has 1 aliphatic heterocycles. The third kappa shape index (κ3) is 5.27. The van der Waals surface area contributed by atoms with Gasteiger partial charge in [-0.2, -0.15) is 0 Å². The van der Waals surface area contributed by atoms with Crippen LogP contribution in [0.4, 0.5) is 4.79 Å². The summed E-state index contributed by atoms with van der Waals surface area (Å²) < 4.78 is 11.3. The minimum Gasteiger partial charge on any atom is -0.493 e. The van der Waals surface area contributed by atoms with E-state index in [0.717, 1.165) is 22.9 Å². The molecule has 1 heterocycles. The molecule has 2 aromatic rings. The highest BCUT2D eigenvalue weighted by Crippen LogP contribution is 2.34. The number of carboxylic acids is 1. The summed E-state index contributed by atoms with van der Waals surface area (Å²) in [6.45, 7) is 0. The molecule has 1 aliphatic rings. The summed E-state index contributed by atoms with van der Waals surface area (Å²) in [5.41, 5.74) is 7.17. The van der Waals surface area contributed by atoms with Crippen LogP contribution in [0.25, 0.3) is 0 Å². The highest BCUT2D eigenvalue weighted by molar-refractivity contribution is 8.15. The second-order valence-corrected chi connectivity index (χ2v) is 7.64. The summed E-state index contributed by atoms with van der Waals surface area (Å²) in [6, 6.07) is 11.3. The first-order valence-corrected chi connectivity index (χ1v) is 9.67. The minimum absolute atomic E-state index is 0.225. The molecule has 2 atom stereocenters. The fraction of sp³-hybridized carbons (Fsp3) is 0.250. The van der Waals surface area contributed by atoms with Crippen LogP contribution in [0.3, 0.4) is 0 Å². The van der Waals surface area contributed by atoms with Crippen LogP contribution >= 0.6 is 11.8 Å². The van der Waals surface area contributed by atoms with E-state index in [9.17, 15) is 14.4 Å². The van der Waals surface area contributed by atoms with Crippen LogP contribution in [-0.2, 0) is 22.4 Å². The van der Waals surface area contributed by atoms with Gasteiger partial charge in [-0.15, -0.1) is 0 Å². The van der Waals surface area contributed by atoms with Crippen LogP contribution in [-0.4, -0.2) is 40.6 Å². The predicted octanol–water partition coefficient (Wildman–Crippen LogP) is 2.34. The number of nitrogens with two attached hydrogens (primary N) is 1. The number of carboxylic acid groups (broad SMARTS) is 1. The lowest BCUT2D eigenvalue weighted by atomic mass is 10.1. The summed E-state index contributed by atoms with van der Waals surface area (Å²) >= 11 is 0.979. The number of hydrogen-bond acceptors (Lipinski definition) is 7. The fourth-order valence-electron chi connectivity index (χ4n) is 2.83. The first-order chi connectivity index (χ1) is 13.9. The van der Waals surface area contributed by atoms with Crippen molar-refractivity contribution in [1.29, 1.82) is 0 Å². The molecule has 0 aliphatic carbocycles. The lowest BCUT2D eigenvalue weighted by Gasteiger charge is -2.13. The Hall–Kier alpha value is -3.04. The van der Waals surface area contributed by atoms with E-state index in [1.54, 1.807) is 36.4 Å². The van der Waals surface area contributed by atoms with Crippen molar-refractivity contribution in [2.75, 3.05) is 7.11 Å². The van der Waals surface area contributed by atoms with E-state index < -0.39 is 17.3 Å². The van der Waals surface area contributed by atoms with Crippen LogP contribution in [0.2, 0.25) is 0 Å². The van der Waals surface area contributed by atoms with E-state index in [0.29, 0.717) is 23.7 Å². The van der Waals surface area contributed by atoms with E-state index in [1.807, 2.05) is 6.07 Å². The topological polar surface area (TPSA) is 128 Å². The highest BCUT2D eigenvalue weighted by atomic mass is 32.2. The molecule has 9 heteroatoms. The lowest BCUT2D eigenvalue weighted by molar-refractivity contribution is -0.138. The normalized spacial score (nSPS) is 17.0. The van der Waals surface area contributed by atoms with Crippen molar-refractivity contribution >= 4 is 28.9 Å². The number of hydrogen-bond donors (Lipinski definition) is 3. The molecule has 1 unspecified atom stereocenters. The number of carbonyl (C=O) groups excluding carboxylic acids is 2. The molecule has 1 saturated heterocycles. The molecular formula is C20H20N2O6S. The zero-order chi connectivity index (χ0) is 21.0. The SMILES string of the molecule is COc1cc(CC2SC(=O)NC2=O)ccc1Oc1ccc(C[C@H](N)C(=O)O)cc1. The van der Waals surface area contributed by atoms with E-state index in [1.165, 1.54) is 7.11 Å². The number of benzene rings is 2. The average molecular weight is 416 g/mol. The Balaban J connectivity index is 1.68. The summed E-state index contributed by atoms with van der Waals surface area (Å²) in [7, 11) is 1.52. The van der Waals surface area contributed by atoms with Gasteiger partial charge in [0.05, 0.1) is 12.4 Å². The van der Waals surface area contributed by atoms with Crippen molar-refractivity contribution in [3.05, 3.63) is 53.6 Å². The summed E-state index contributed by atoms with van der Waals surface area (Å²) in [4.78, 5) is 33.9. The Morgan fingerprint density at radius 2 is 1.86 bits per heavy atom.